The van der Waals surface area contributed by atoms with Crippen LogP contribution in [0.3, 0.4) is 0 Å². The number of aliphatic hydroxyl groups excluding tert-OH is 1. The van der Waals surface area contributed by atoms with Crippen molar-refractivity contribution in [2.24, 2.45) is 0 Å². The molecule has 1 fully saturated rings. The first-order chi connectivity index (χ1) is 14.1. The molecular weight excluding hydrogens is 398 g/mol. The lowest BCUT2D eigenvalue weighted by Crippen LogP contribution is -2.63. The van der Waals surface area contributed by atoms with Crippen LogP contribution in [-0.2, 0) is 19.1 Å². The summed E-state index contributed by atoms with van der Waals surface area (Å²) in [6.45, 7) is 15.5. The zero-order chi connectivity index (χ0) is 24.1. The number of hydrogen-bond donors (Lipinski definition) is 1. The maximum Gasteiger partial charge on any atom is 0.335 e. The molecule has 1 aliphatic rings. The Kier molecular flexibility index (Phi) is 8.26. The molecular formula is C23H35N3O5. The largest absolute Gasteiger partial charge is 0.508 e. The molecule has 0 spiro atoms. The standard InChI is InChI=1S/C23H35N3O5/c1-10-31-21(30)16(2)15-26(22(3,4)5)13-11-12-17(27)14-18-19(28)24(8)23(6,7)25(9)20(18)29/h11-14,27H,2,10,15H2,1,3-9H3/b13-11+,17-12-. The van der Waals surface area contributed by atoms with Crippen LogP contribution in [-0.4, -0.2) is 76.0 Å². The van der Waals surface area contributed by atoms with Crippen LogP contribution in [0.25, 0.3) is 0 Å². The molecule has 0 aromatic carbocycles. The molecule has 2 amide bonds. The smallest absolute Gasteiger partial charge is 0.335 e. The molecule has 0 aliphatic carbocycles. The van der Waals surface area contributed by atoms with Crippen molar-refractivity contribution in [3.63, 3.8) is 0 Å². The predicted molar refractivity (Wildman–Crippen MR) is 120 cm³/mol. The molecule has 31 heavy (non-hydrogen) atoms. The van der Waals surface area contributed by atoms with Gasteiger partial charge in [0, 0.05) is 38.0 Å². The molecule has 8 heteroatoms. The minimum absolute atomic E-state index is 0.116. The minimum atomic E-state index is -0.765. The van der Waals surface area contributed by atoms with Crippen molar-refractivity contribution in [3.8, 4) is 0 Å². The van der Waals surface area contributed by atoms with Crippen molar-refractivity contribution in [3.05, 3.63) is 47.9 Å². The van der Waals surface area contributed by atoms with Gasteiger partial charge in [0.2, 0.25) is 0 Å². The van der Waals surface area contributed by atoms with E-state index in [2.05, 4.69) is 6.58 Å². The number of likely N-dealkylation sites (N-methyl/N-ethyl adjacent to an activating group) is 2. The summed E-state index contributed by atoms with van der Waals surface area (Å²) in [5.41, 5.74) is -0.905. The van der Waals surface area contributed by atoms with Crippen LogP contribution in [0.15, 0.2) is 47.9 Å². The Balaban J connectivity index is 3.06. The van der Waals surface area contributed by atoms with E-state index in [4.69, 9.17) is 4.74 Å². The molecule has 1 heterocycles. The Morgan fingerprint density at radius 3 is 2.16 bits per heavy atom. The van der Waals surface area contributed by atoms with Crippen LogP contribution in [0.5, 0.6) is 0 Å². The fourth-order valence-electron chi connectivity index (χ4n) is 2.76. The Bertz CT molecular complexity index is 805. The summed E-state index contributed by atoms with van der Waals surface area (Å²) in [7, 11) is 3.22. The van der Waals surface area contributed by atoms with Gasteiger partial charge < -0.3 is 24.5 Å². The van der Waals surface area contributed by atoms with Gasteiger partial charge in [-0.3, -0.25) is 9.59 Å². The Hall–Kier alpha value is -3.03. The molecule has 0 radical (unpaired) electrons. The fourth-order valence-corrected chi connectivity index (χ4v) is 2.76. The van der Waals surface area contributed by atoms with Gasteiger partial charge in [-0.05, 0) is 59.8 Å². The summed E-state index contributed by atoms with van der Waals surface area (Å²) < 4.78 is 4.98. The van der Waals surface area contributed by atoms with Gasteiger partial charge in [0.25, 0.3) is 11.8 Å². The van der Waals surface area contributed by atoms with Crippen LogP contribution < -0.4 is 0 Å². The number of esters is 1. The maximum absolute atomic E-state index is 12.6. The third-order valence-corrected chi connectivity index (χ3v) is 5.32. The SMILES string of the molecule is C=C(CN(/C=C/C=C(\O)C=C1C(=O)N(C)C(C)(C)N(C)C1=O)C(C)(C)C)C(=O)OCC. The summed E-state index contributed by atoms with van der Waals surface area (Å²) in [5, 5.41) is 10.3. The predicted octanol–water partition coefficient (Wildman–Crippen LogP) is 2.75. The van der Waals surface area contributed by atoms with Crippen molar-refractivity contribution in [1.82, 2.24) is 14.7 Å². The lowest BCUT2D eigenvalue weighted by molar-refractivity contribution is -0.155. The fraction of sp³-hybridized carbons (Fsp3) is 0.522. The van der Waals surface area contributed by atoms with Gasteiger partial charge in [-0.1, -0.05) is 6.58 Å². The molecule has 0 saturated carbocycles. The van der Waals surface area contributed by atoms with E-state index >= 15 is 0 Å². The van der Waals surface area contributed by atoms with Crippen molar-refractivity contribution in [2.45, 2.75) is 52.7 Å². The third-order valence-electron chi connectivity index (χ3n) is 5.32. The van der Waals surface area contributed by atoms with Gasteiger partial charge in [0.15, 0.2) is 0 Å². The topological polar surface area (TPSA) is 90.4 Å². The normalized spacial score (nSPS) is 17.3. The van der Waals surface area contributed by atoms with Crippen molar-refractivity contribution in [1.29, 1.82) is 0 Å². The number of rotatable bonds is 7. The van der Waals surface area contributed by atoms with Crippen LogP contribution >= 0.6 is 0 Å². The van der Waals surface area contributed by atoms with Gasteiger partial charge in [-0.15, -0.1) is 0 Å². The Morgan fingerprint density at radius 1 is 1.19 bits per heavy atom. The van der Waals surface area contributed by atoms with Crippen LogP contribution in [0, 0.1) is 0 Å². The number of hydrogen-bond acceptors (Lipinski definition) is 6. The molecule has 8 nitrogen and oxygen atoms in total. The monoisotopic (exact) mass is 433 g/mol. The van der Waals surface area contributed by atoms with Crippen LogP contribution in [0.4, 0.5) is 0 Å². The summed E-state index contributed by atoms with van der Waals surface area (Å²) in [4.78, 5) is 41.8. The second-order valence-electron chi connectivity index (χ2n) is 8.84. The van der Waals surface area contributed by atoms with Crippen molar-refractivity contribution >= 4 is 17.8 Å². The van der Waals surface area contributed by atoms with Crippen molar-refractivity contribution < 1.29 is 24.2 Å². The van der Waals surface area contributed by atoms with E-state index in [1.54, 1.807) is 47.1 Å². The van der Waals surface area contributed by atoms with E-state index in [1.807, 2.05) is 25.7 Å². The molecule has 0 atom stereocenters. The molecule has 172 valence electrons. The van der Waals surface area contributed by atoms with Gasteiger partial charge in [-0.25, -0.2) is 4.79 Å². The van der Waals surface area contributed by atoms with E-state index < -0.39 is 23.4 Å². The van der Waals surface area contributed by atoms with Gasteiger partial charge >= 0.3 is 5.97 Å². The number of carbonyl (C=O) groups is 3. The molecule has 0 aromatic rings. The average molecular weight is 434 g/mol. The second kappa shape index (κ2) is 9.85. The number of nitrogens with zero attached hydrogens (tertiary/aromatic N) is 3. The van der Waals surface area contributed by atoms with E-state index in [9.17, 15) is 19.5 Å². The highest BCUT2D eigenvalue weighted by molar-refractivity contribution is 6.20. The summed E-state index contributed by atoms with van der Waals surface area (Å²) in [6, 6.07) is 0. The highest BCUT2D eigenvalue weighted by Gasteiger charge is 2.44. The Morgan fingerprint density at radius 2 is 1.71 bits per heavy atom. The zero-order valence-corrected chi connectivity index (χ0v) is 19.9. The lowest BCUT2D eigenvalue weighted by atomic mass is 10.0. The number of amides is 2. The highest BCUT2D eigenvalue weighted by Crippen LogP contribution is 2.27. The highest BCUT2D eigenvalue weighted by atomic mass is 16.5. The molecule has 0 aromatic heterocycles. The quantitative estimate of drug-likeness (QED) is 0.218. The van der Waals surface area contributed by atoms with Gasteiger partial charge in [0.05, 0.1) is 6.61 Å². The lowest BCUT2D eigenvalue weighted by Gasteiger charge is -2.47. The molecule has 1 aliphatic heterocycles. The second-order valence-corrected chi connectivity index (χ2v) is 8.84. The van der Waals surface area contributed by atoms with E-state index in [0.29, 0.717) is 5.57 Å². The van der Waals surface area contributed by atoms with Crippen LogP contribution in [0.2, 0.25) is 0 Å². The molecule has 0 bridgehead atoms. The first-order valence-electron chi connectivity index (χ1n) is 10.1. The Labute approximate surface area is 185 Å². The van der Waals surface area contributed by atoms with E-state index in [0.717, 1.165) is 6.08 Å². The maximum atomic E-state index is 12.6. The summed E-state index contributed by atoms with van der Waals surface area (Å²) in [5.74, 6) is -1.62. The first-order valence-corrected chi connectivity index (χ1v) is 10.1. The molecule has 1 N–H and O–H groups in total. The average Bonchev–Trinajstić information content (AvgIpc) is 2.67. The number of aliphatic hydroxyl groups is 1. The van der Waals surface area contributed by atoms with Crippen molar-refractivity contribution in [2.75, 3.05) is 27.2 Å². The molecule has 0 unspecified atom stereocenters. The first kappa shape index (κ1) is 26.0. The molecule has 1 saturated heterocycles. The molecule has 1 rings (SSSR count). The number of carbonyl (C=O) groups excluding carboxylic acids is 3. The third kappa shape index (κ3) is 6.23. The zero-order valence-electron chi connectivity index (χ0n) is 19.9. The van der Waals surface area contributed by atoms with E-state index in [-0.39, 0.29) is 30.0 Å². The van der Waals surface area contributed by atoms with E-state index in [1.165, 1.54) is 15.9 Å². The number of ether oxygens (including phenoxy) is 1. The minimum Gasteiger partial charge on any atom is -0.508 e. The van der Waals surface area contributed by atoms with Gasteiger partial charge in [0.1, 0.15) is 17.0 Å². The summed E-state index contributed by atoms with van der Waals surface area (Å²) >= 11 is 0. The van der Waals surface area contributed by atoms with Gasteiger partial charge in [-0.2, -0.15) is 0 Å². The number of allylic oxidation sites excluding steroid dienone is 3. The summed E-state index contributed by atoms with van der Waals surface area (Å²) in [6.07, 6.45) is 5.81. The van der Waals surface area contributed by atoms with Crippen LogP contribution in [0.1, 0.15) is 41.5 Å².